The number of hydrogen-bond donors (Lipinski definition) is 1. The summed E-state index contributed by atoms with van der Waals surface area (Å²) in [5.74, 6) is 1.02. The molecular weight excluding hydrogens is 392 g/mol. The number of nitrogens with zero attached hydrogens (tertiary/aromatic N) is 1. The molecule has 1 fully saturated rings. The summed E-state index contributed by atoms with van der Waals surface area (Å²) in [5.41, 5.74) is 0.818. The minimum absolute atomic E-state index is 0.00580. The van der Waals surface area contributed by atoms with Crippen molar-refractivity contribution in [2.45, 2.75) is 0 Å². The van der Waals surface area contributed by atoms with Crippen molar-refractivity contribution in [3.8, 4) is 11.5 Å². The maximum atomic E-state index is 12.3. The van der Waals surface area contributed by atoms with Gasteiger partial charge < -0.3 is 38.6 Å². The first-order valence-electron chi connectivity index (χ1n) is 9.95. The summed E-state index contributed by atoms with van der Waals surface area (Å²) in [4.78, 5) is 14.1. The molecule has 1 heterocycles. The van der Waals surface area contributed by atoms with E-state index < -0.39 is 0 Å². The molecule has 168 valence electrons. The number of benzene rings is 1. The molecule has 0 spiro atoms. The monoisotopic (exact) mass is 424 g/mol. The van der Waals surface area contributed by atoms with E-state index >= 15 is 0 Å². The number of nitrogens with one attached hydrogen (secondary N) is 1. The second-order valence-electron chi connectivity index (χ2n) is 6.44. The van der Waals surface area contributed by atoms with Crippen LogP contribution >= 0.6 is 0 Å². The number of carbonyl (C=O) groups is 1. The van der Waals surface area contributed by atoms with Crippen LogP contribution in [0.1, 0.15) is 5.56 Å². The third kappa shape index (κ3) is 9.10. The first-order valence-corrected chi connectivity index (χ1v) is 9.95. The molecule has 1 saturated heterocycles. The maximum Gasteiger partial charge on any atom is 0.246 e. The van der Waals surface area contributed by atoms with Gasteiger partial charge in [-0.3, -0.25) is 4.79 Å². The Balaban J connectivity index is 1.96. The molecule has 0 unspecified atom stereocenters. The van der Waals surface area contributed by atoms with Crippen LogP contribution in [0.4, 0.5) is 0 Å². The molecule has 9 nitrogen and oxygen atoms in total. The molecule has 9 heteroatoms. The summed E-state index contributed by atoms with van der Waals surface area (Å²) in [5, 5.41) is 3.23. The number of hydrogen-bond acceptors (Lipinski definition) is 8. The molecule has 30 heavy (non-hydrogen) atoms. The minimum Gasteiger partial charge on any atom is -0.464 e. The average Bonchev–Trinajstić information content (AvgIpc) is 2.78. The Bertz CT molecular complexity index is 648. The molecule has 0 bridgehead atoms. The summed E-state index contributed by atoms with van der Waals surface area (Å²) in [6, 6.07) is 5.43. The summed E-state index contributed by atoms with van der Waals surface area (Å²) >= 11 is 0. The van der Waals surface area contributed by atoms with Crippen LogP contribution in [0, 0.1) is 0 Å². The Labute approximate surface area is 177 Å². The van der Waals surface area contributed by atoms with Crippen LogP contribution in [-0.2, 0) is 23.7 Å². The zero-order valence-corrected chi connectivity index (χ0v) is 17.8. The van der Waals surface area contributed by atoms with Crippen molar-refractivity contribution < 1.29 is 33.2 Å². The molecule has 2 rings (SSSR count). The van der Waals surface area contributed by atoms with E-state index in [0.717, 1.165) is 18.7 Å². The van der Waals surface area contributed by atoms with Crippen molar-refractivity contribution >= 4 is 12.0 Å². The molecule has 1 aromatic rings. The third-order valence-corrected chi connectivity index (χ3v) is 4.27. The van der Waals surface area contributed by atoms with Crippen molar-refractivity contribution in [1.82, 2.24) is 10.2 Å². The fourth-order valence-electron chi connectivity index (χ4n) is 2.63. The number of amides is 1. The molecule has 1 N–H and O–H groups in total. The van der Waals surface area contributed by atoms with Crippen molar-refractivity contribution in [2.24, 2.45) is 0 Å². The van der Waals surface area contributed by atoms with Gasteiger partial charge in [0.2, 0.25) is 5.91 Å². The van der Waals surface area contributed by atoms with Gasteiger partial charge in [-0.1, -0.05) is 6.07 Å². The molecular formula is C21H32N2O7. The number of ether oxygens (including phenoxy) is 6. The van der Waals surface area contributed by atoms with Crippen molar-refractivity contribution in [2.75, 3.05) is 80.4 Å². The SMILES string of the molecule is COCCOCOc1ccc(/C=C/C(=O)N2CCNCC2)cc1OCOCCOC. The molecule has 0 radical (unpaired) electrons. The Morgan fingerprint density at radius 3 is 2.23 bits per heavy atom. The van der Waals surface area contributed by atoms with Gasteiger partial charge in [-0.2, -0.15) is 0 Å². The molecule has 1 amide bonds. The predicted molar refractivity (Wildman–Crippen MR) is 112 cm³/mol. The first kappa shape index (κ1) is 24.1. The van der Waals surface area contributed by atoms with Crippen LogP contribution in [-0.4, -0.2) is 91.2 Å². The smallest absolute Gasteiger partial charge is 0.246 e. The lowest BCUT2D eigenvalue weighted by Crippen LogP contribution is -2.45. The van der Waals surface area contributed by atoms with Gasteiger partial charge in [0, 0.05) is 46.5 Å². The highest BCUT2D eigenvalue weighted by atomic mass is 16.7. The summed E-state index contributed by atoms with van der Waals surface area (Å²) in [6.07, 6.45) is 3.34. The maximum absolute atomic E-state index is 12.3. The number of rotatable bonds is 14. The number of piperazine rings is 1. The zero-order chi connectivity index (χ0) is 21.4. The topological polar surface area (TPSA) is 87.7 Å². The van der Waals surface area contributed by atoms with Gasteiger partial charge >= 0.3 is 0 Å². The van der Waals surface area contributed by atoms with Gasteiger partial charge in [-0.15, -0.1) is 0 Å². The van der Waals surface area contributed by atoms with E-state index in [1.54, 1.807) is 38.5 Å². The Hall–Kier alpha value is -2.17. The third-order valence-electron chi connectivity index (χ3n) is 4.27. The lowest BCUT2D eigenvalue weighted by Gasteiger charge is -2.26. The van der Waals surface area contributed by atoms with Gasteiger partial charge in [0.1, 0.15) is 0 Å². The van der Waals surface area contributed by atoms with Gasteiger partial charge in [-0.05, 0) is 23.8 Å². The van der Waals surface area contributed by atoms with Crippen LogP contribution in [0.15, 0.2) is 24.3 Å². The van der Waals surface area contributed by atoms with Gasteiger partial charge in [0.05, 0.1) is 26.4 Å². The number of carbonyl (C=O) groups excluding carboxylic acids is 1. The van der Waals surface area contributed by atoms with E-state index in [9.17, 15) is 4.79 Å². The summed E-state index contributed by atoms with van der Waals surface area (Å²) in [7, 11) is 3.22. The highest BCUT2D eigenvalue weighted by Crippen LogP contribution is 2.29. The molecule has 1 aromatic carbocycles. The highest BCUT2D eigenvalue weighted by Gasteiger charge is 2.13. The fraction of sp³-hybridized carbons (Fsp3) is 0.571. The Morgan fingerprint density at radius 1 is 0.967 bits per heavy atom. The van der Waals surface area contributed by atoms with E-state index in [-0.39, 0.29) is 19.5 Å². The van der Waals surface area contributed by atoms with Crippen molar-refractivity contribution in [1.29, 1.82) is 0 Å². The summed E-state index contributed by atoms with van der Waals surface area (Å²) < 4.78 is 32.0. The largest absolute Gasteiger partial charge is 0.464 e. The summed E-state index contributed by atoms with van der Waals surface area (Å²) in [6.45, 7) is 5.02. The van der Waals surface area contributed by atoms with Crippen LogP contribution in [0.3, 0.4) is 0 Å². The first-order chi connectivity index (χ1) is 14.7. The second-order valence-corrected chi connectivity index (χ2v) is 6.44. The highest BCUT2D eigenvalue weighted by molar-refractivity contribution is 5.92. The zero-order valence-electron chi connectivity index (χ0n) is 17.8. The number of methoxy groups -OCH3 is 2. The molecule has 1 aliphatic heterocycles. The molecule has 0 aliphatic carbocycles. The Morgan fingerprint density at radius 2 is 1.60 bits per heavy atom. The Kier molecular flexibility index (Phi) is 11.9. The quantitative estimate of drug-likeness (QED) is 0.270. The molecule has 0 aromatic heterocycles. The molecule has 1 aliphatic rings. The van der Waals surface area contributed by atoms with Crippen LogP contribution in [0.2, 0.25) is 0 Å². The van der Waals surface area contributed by atoms with E-state index in [4.69, 9.17) is 28.4 Å². The fourth-order valence-corrected chi connectivity index (χ4v) is 2.63. The standard InChI is InChI=1S/C21H32N2O7/c1-25-11-13-27-16-29-19-5-3-18(15-20(19)30-17-28-14-12-26-2)4-6-21(24)23-9-7-22-8-10-23/h3-6,15,22H,7-14,16-17H2,1-2H3/b6-4+. The minimum atomic E-state index is -0.00580. The van der Waals surface area contributed by atoms with Crippen molar-refractivity contribution in [3.63, 3.8) is 0 Å². The lowest BCUT2D eigenvalue weighted by atomic mass is 10.2. The predicted octanol–water partition coefficient (Wildman–Crippen LogP) is 1.13. The second kappa shape index (κ2) is 14.8. The lowest BCUT2D eigenvalue weighted by molar-refractivity contribution is -0.126. The van der Waals surface area contributed by atoms with Crippen molar-refractivity contribution in [3.05, 3.63) is 29.8 Å². The van der Waals surface area contributed by atoms with Gasteiger partial charge in [0.15, 0.2) is 25.1 Å². The van der Waals surface area contributed by atoms with Gasteiger partial charge in [0.25, 0.3) is 0 Å². The van der Waals surface area contributed by atoms with E-state index in [0.29, 0.717) is 51.0 Å². The van der Waals surface area contributed by atoms with E-state index in [1.165, 1.54) is 0 Å². The van der Waals surface area contributed by atoms with Crippen LogP contribution in [0.5, 0.6) is 11.5 Å². The van der Waals surface area contributed by atoms with E-state index in [1.807, 2.05) is 11.0 Å². The molecule has 0 atom stereocenters. The van der Waals surface area contributed by atoms with Gasteiger partial charge in [-0.25, -0.2) is 0 Å². The normalized spacial score (nSPS) is 14.3. The molecule has 0 saturated carbocycles. The van der Waals surface area contributed by atoms with Crippen LogP contribution < -0.4 is 14.8 Å². The van der Waals surface area contributed by atoms with Crippen LogP contribution in [0.25, 0.3) is 6.08 Å². The van der Waals surface area contributed by atoms with E-state index in [2.05, 4.69) is 5.32 Å². The average molecular weight is 424 g/mol.